The SMILES string of the molecule is C[C](C)(C)[AlH2].[HH].[HH].[HH]. The molecule has 0 saturated carbocycles. The first kappa shape index (κ1) is 5.53. The summed E-state index contributed by atoms with van der Waals surface area (Å²) in [5.74, 6) is 0. The van der Waals surface area contributed by atoms with E-state index in [0.29, 0.717) is 4.28 Å². The maximum atomic E-state index is 2.25. The van der Waals surface area contributed by atoms with Crippen LogP contribution in [-0.2, 0) is 0 Å². The largest absolute Gasteiger partial charge is 0.220 e. The summed E-state index contributed by atoms with van der Waals surface area (Å²) in [4.78, 5) is 0. The van der Waals surface area contributed by atoms with Gasteiger partial charge in [0.25, 0.3) is 0 Å². The quantitative estimate of drug-likeness (QED) is 0.398. The molecule has 0 radical (unpaired) electrons. The fourth-order valence-electron chi connectivity index (χ4n) is 0. The number of hydrogen-bond acceptors (Lipinski definition) is 0. The molecule has 0 atom stereocenters. The van der Waals surface area contributed by atoms with Crippen molar-refractivity contribution in [1.29, 1.82) is 0 Å². The van der Waals surface area contributed by atoms with E-state index in [-0.39, 0.29) is 4.28 Å². The zero-order chi connectivity index (χ0) is 4.50. The average Bonchev–Trinajstić information content (AvgIpc) is 0.722. The molecule has 0 aliphatic carbocycles. The third-order valence-electron chi connectivity index (χ3n) is 0. The monoisotopic (exact) mass is 92.1 g/mol. The van der Waals surface area contributed by atoms with Crippen LogP contribution in [0.25, 0.3) is 0 Å². The summed E-state index contributed by atoms with van der Waals surface area (Å²) in [6, 6.07) is 0. The maximum Gasteiger partial charge on any atom is 0.220 e. The highest BCUT2D eigenvalue weighted by Crippen LogP contribution is 2.13. The Morgan fingerprint density at radius 3 is 1.40 bits per heavy atom. The van der Waals surface area contributed by atoms with Crippen LogP contribution in [-0.4, -0.2) is 16.3 Å². The minimum atomic E-state index is 0. The van der Waals surface area contributed by atoms with E-state index in [2.05, 4.69) is 20.8 Å². The highest BCUT2D eigenvalue weighted by Gasteiger charge is 1.96. The molecule has 0 aliphatic heterocycles. The van der Waals surface area contributed by atoms with Crippen molar-refractivity contribution < 1.29 is 4.28 Å². The van der Waals surface area contributed by atoms with Crippen LogP contribution < -0.4 is 0 Å². The molecular weight excluding hydrogens is 75.0 g/mol. The molecule has 0 N–H and O–H groups in total. The van der Waals surface area contributed by atoms with E-state index in [9.17, 15) is 0 Å². The van der Waals surface area contributed by atoms with Gasteiger partial charge in [-0.1, -0.05) is 25.0 Å². The third-order valence-corrected chi connectivity index (χ3v) is 0. The van der Waals surface area contributed by atoms with E-state index in [4.69, 9.17) is 0 Å². The van der Waals surface area contributed by atoms with Gasteiger partial charge in [0, 0.05) is 4.28 Å². The van der Waals surface area contributed by atoms with Crippen LogP contribution in [0.5, 0.6) is 0 Å². The summed E-state index contributed by atoms with van der Waals surface area (Å²) >= 11 is 1.31. The highest BCUT2D eigenvalue weighted by atomic mass is 27.0. The van der Waals surface area contributed by atoms with Crippen molar-refractivity contribution >= 4 is 16.3 Å². The lowest BCUT2D eigenvalue weighted by Gasteiger charge is -2.05. The van der Waals surface area contributed by atoms with E-state index in [0.717, 1.165) is 0 Å². The van der Waals surface area contributed by atoms with Crippen LogP contribution in [0.2, 0.25) is 4.28 Å². The van der Waals surface area contributed by atoms with Gasteiger partial charge in [-0.3, -0.25) is 0 Å². The molecule has 0 spiro atoms. The molecule has 0 rings (SSSR count). The van der Waals surface area contributed by atoms with Gasteiger partial charge in [-0.25, -0.2) is 0 Å². The van der Waals surface area contributed by atoms with E-state index in [1.54, 1.807) is 0 Å². The van der Waals surface area contributed by atoms with Gasteiger partial charge >= 0.3 is 0 Å². The molecule has 0 aromatic carbocycles. The van der Waals surface area contributed by atoms with Crippen molar-refractivity contribution in [2.24, 2.45) is 0 Å². The summed E-state index contributed by atoms with van der Waals surface area (Å²) in [6.07, 6.45) is 0. The normalized spacial score (nSPS) is 11.8. The Kier molecular flexibility index (Phi) is 1.47. The molecule has 0 amide bonds. The minimum absolute atomic E-state index is 0. The summed E-state index contributed by atoms with van der Waals surface area (Å²) in [5, 5.41) is 0. The number of rotatable bonds is 0. The second-order valence-electron chi connectivity index (χ2n) is 3.00. The molecule has 0 heterocycles. The van der Waals surface area contributed by atoms with Crippen molar-refractivity contribution in [3.63, 3.8) is 0 Å². The van der Waals surface area contributed by atoms with E-state index >= 15 is 0 Å². The van der Waals surface area contributed by atoms with E-state index in [1.807, 2.05) is 0 Å². The average molecular weight is 92.2 g/mol. The molecule has 0 saturated heterocycles. The van der Waals surface area contributed by atoms with Crippen molar-refractivity contribution in [3.05, 3.63) is 0 Å². The topological polar surface area (TPSA) is 0 Å². The third kappa shape index (κ3) is 103. The molecule has 0 bridgehead atoms. The van der Waals surface area contributed by atoms with E-state index < -0.39 is 0 Å². The van der Waals surface area contributed by atoms with Gasteiger partial charge in [-0.05, 0) is 0 Å². The molecule has 0 aromatic rings. The van der Waals surface area contributed by atoms with Crippen LogP contribution >= 0.6 is 0 Å². The second kappa shape index (κ2) is 1.33. The molecule has 0 nitrogen and oxygen atoms in total. The molecule has 5 heavy (non-hydrogen) atoms. The van der Waals surface area contributed by atoms with Gasteiger partial charge in [-0.2, -0.15) is 0 Å². The van der Waals surface area contributed by atoms with Crippen molar-refractivity contribution in [1.82, 2.24) is 0 Å². The van der Waals surface area contributed by atoms with E-state index in [1.165, 1.54) is 16.3 Å². The summed E-state index contributed by atoms with van der Waals surface area (Å²) < 4.78 is 0.639. The molecule has 0 aliphatic rings. The molecule has 1 heteroatoms. The van der Waals surface area contributed by atoms with Crippen LogP contribution in [0.4, 0.5) is 0 Å². The molecular formula is C4H17Al. The van der Waals surface area contributed by atoms with Gasteiger partial charge in [0.05, 0.1) is 0 Å². The van der Waals surface area contributed by atoms with Crippen molar-refractivity contribution in [2.75, 3.05) is 0 Å². The molecule has 36 valence electrons. The summed E-state index contributed by atoms with van der Waals surface area (Å²) in [5.41, 5.74) is 0. The fourth-order valence-corrected chi connectivity index (χ4v) is 0. The first-order chi connectivity index (χ1) is 2.00. The van der Waals surface area contributed by atoms with Crippen molar-refractivity contribution in [3.8, 4) is 0 Å². The van der Waals surface area contributed by atoms with Crippen LogP contribution in [0.15, 0.2) is 0 Å². The first-order valence-electron chi connectivity index (χ1n) is 2.00. The van der Waals surface area contributed by atoms with Gasteiger partial charge in [-0.15, -0.1) is 0 Å². The zero-order valence-corrected chi connectivity index (χ0v) is 6.50. The Hall–Kier alpha value is 0.532. The van der Waals surface area contributed by atoms with Crippen LogP contribution in [0.3, 0.4) is 0 Å². The lowest BCUT2D eigenvalue weighted by Crippen LogP contribution is -1.90. The summed E-state index contributed by atoms with van der Waals surface area (Å²) in [6.45, 7) is 6.75. The maximum absolute atomic E-state index is 2.25. The Morgan fingerprint density at radius 1 is 1.40 bits per heavy atom. The Balaban J connectivity index is -0.0000000267. The lowest BCUT2D eigenvalue weighted by atomic mass is 10.2. The molecule has 0 unspecified atom stereocenters. The zero-order valence-electron chi connectivity index (χ0n) is 4.50. The van der Waals surface area contributed by atoms with Gasteiger partial charge < -0.3 is 0 Å². The highest BCUT2D eigenvalue weighted by molar-refractivity contribution is 6.14. The smallest absolute Gasteiger partial charge is 0.0877 e. The van der Waals surface area contributed by atoms with Crippen LogP contribution in [0, 0.1) is 0 Å². The molecule has 0 fully saturated rings. The Bertz CT molecular complexity index is 26.8. The van der Waals surface area contributed by atoms with Gasteiger partial charge in [0.2, 0.25) is 16.3 Å². The number of hydrogen-bond donors (Lipinski definition) is 0. The van der Waals surface area contributed by atoms with Crippen molar-refractivity contribution in [2.45, 2.75) is 25.0 Å². The predicted octanol–water partition coefficient (Wildman–Crippen LogP) is 1.58. The van der Waals surface area contributed by atoms with Crippen LogP contribution in [0.1, 0.15) is 25.1 Å². The van der Waals surface area contributed by atoms with Gasteiger partial charge in [0.15, 0.2) is 0 Å². The lowest BCUT2D eigenvalue weighted by molar-refractivity contribution is 0.767. The van der Waals surface area contributed by atoms with Gasteiger partial charge in [0.1, 0.15) is 0 Å². The minimum Gasteiger partial charge on any atom is -0.0877 e. The predicted molar refractivity (Wildman–Crippen MR) is 34.6 cm³/mol. The summed E-state index contributed by atoms with van der Waals surface area (Å²) in [7, 11) is 0. The Labute approximate surface area is 46.5 Å². The molecule has 0 aromatic heterocycles. The standard InChI is InChI=1S/C4H9.Al.3H2.2H/c1-4(2)3;;;;;;/h1-3H3;;3*1H;;. The first-order valence-corrected chi connectivity index (χ1v) is 3.00. The fraction of sp³-hybridized carbons (Fsp3) is 1.00. The Morgan fingerprint density at radius 2 is 1.40 bits per heavy atom. The second-order valence-corrected chi connectivity index (χ2v) is 6.00.